The Labute approximate surface area is 235 Å². The maximum atomic E-state index is 15.0. The van der Waals surface area contributed by atoms with Crippen LogP contribution in [0.5, 0.6) is 0 Å². The number of nitrogens with zero attached hydrogens (tertiary/aromatic N) is 2. The van der Waals surface area contributed by atoms with Crippen molar-refractivity contribution in [2.24, 2.45) is 10.6 Å². The summed E-state index contributed by atoms with van der Waals surface area (Å²) in [5.74, 6) is 0.147. The molecule has 0 bridgehead atoms. The second-order valence-electron chi connectivity index (χ2n) is 9.48. The van der Waals surface area contributed by atoms with Gasteiger partial charge >= 0.3 is 0 Å². The number of halogens is 2. The fraction of sp³-hybridized carbons (Fsp3) is 0.0938. The van der Waals surface area contributed by atoms with Crippen LogP contribution in [0.2, 0.25) is 10.0 Å². The molecule has 7 heteroatoms. The topological polar surface area (TPSA) is 64.7 Å². The molecule has 2 atom stereocenters. The first-order valence-corrected chi connectivity index (χ1v) is 13.1. The minimum absolute atomic E-state index is 0.229. The van der Waals surface area contributed by atoms with Gasteiger partial charge in [0, 0.05) is 26.7 Å². The van der Waals surface area contributed by atoms with Crippen molar-refractivity contribution in [1.82, 2.24) is 5.16 Å². The first-order valence-electron chi connectivity index (χ1n) is 12.4. The molecule has 0 N–H and O–H groups in total. The van der Waals surface area contributed by atoms with Gasteiger partial charge in [-0.2, -0.15) is 0 Å². The predicted molar refractivity (Wildman–Crippen MR) is 153 cm³/mol. The van der Waals surface area contributed by atoms with E-state index in [1.165, 1.54) is 0 Å². The third kappa shape index (κ3) is 4.44. The molecule has 0 saturated carbocycles. The fourth-order valence-electron chi connectivity index (χ4n) is 4.99. The summed E-state index contributed by atoms with van der Waals surface area (Å²) in [7, 11) is 0. The van der Waals surface area contributed by atoms with E-state index in [2.05, 4.69) is 10.3 Å². The number of Topliss-reactive ketones (excluding diaryl/α,β-unsaturated/α-hetero) is 1. The molecule has 2 heterocycles. The number of benzene rings is 4. The number of aromatic nitrogens is 1. The highest BCUT2D eigenvalue weighted by atomic mass is 35.5. The second-order valence-corrected chi connectivity index (χ2v) is 10.4. The Morgan fingerprint density at radius 3 is 1.92 bits per heavy atom. The van der Waals surface area contributed by atoms with Gasteiger partial charge in [0.15, 0.2) is 17.6 Å². The van der Waals surface area contributed by atoms with Gasteiger partial charge in [0.25, 0.3) is 0 Å². The molecule has 6 rings (SSSR count). The van der Waals surface area contributed by atoms with Crippen molar-refractivity contribution in [1.29, 1.82) is 0 Å². The predicted octanol–water partition coefficient (Wildman–Crippen LogP) is 8.68. The smallest absolute Gasteiger partial charge is 0.185 e. The summed E-state index contributed by atoms with van der Waals surface area (Å²) in [4.78, 5) is 21.1. The van der Waals surface area contributed by atoms with E-state index in [1.54, 1.807) is 24.3 Å². The van der Waals surface area contributed by atoms with Crippen LogP contribution in [0.3, 0.4) is 0 Å². The molecule has 0 spiro atoms. The summed E-state index contributed by atoms with van der Waals surface area (Å²) < 4.78 is 5.89. The van der Waals surface area contributed by atoms with Gasteiger partial charge in [-0.25, -0.2) is 0 Å². The molecular weight excluding hydrogens is 531 g/mol. The van der Waals surface area contributed by atoms with E-state index in [0.29, 0.717) is 38.3 Å². The summed E-state index contributed by atoms with van der Waals surface area (Å²) >= 11 is 12.3. The lowest BCUT2D eigenvalue weighted by Crippen LogP contribution is -2.40. The zero-order valence-corrected chi connectivity index (χ0v) is 22.4. The van der Waals surface area contributed by atoms with E-state index >= 15 is 4.79 Å². The van der Waals surface area contributed by atoms with Gasteiger partial charge in [-0.15, -0.1) is 0 Å². The molecule has 1 aliphatic rings. The van der Waals surface area contributed by atoms with E-state index in [9.17, 15) is 0 Å². The third-order valence-corrected chi connectivity index (χ3v) is 7.53. The minimum atomic E-state index is -1.23. The molecule has 5 aromatic rings. The number of rotatable bonds is 6. The van der Waals surface area contributed by atoms with Gasteiger partial charge < -0.3 is 9.36 Å². The summed E-state index contributed by atoms with van der Waals surface area (Å²) in [5.41, 5.74) is 3.04. The number of hydrogen-bond donors (Lipinski definition) is 0. The number of ketones is 1. The van der Waals surface area contributed by atoms with Crippen LogP contribution < -0.4 is 0 Å². The first kappa shape index (κ1) is 25.1. The van der Waals surface area contributed by atoms with Crippen LogP contribution in [0.4, 0.5) is 0 Å². The van der Waals surface area contributed by atoms with E-state index < -0.39 is 11.5 Å². The summed E-state index contributed by atoms with van der Waals surface area (Å²) in [6.45, 7) is 1.86. The highest BCUT2D eigenvalue weighted by Gasteiger charge is 2.55. The van der Waals surface area contributed by atoms with Gasteiger partial charge in [-0.3, -0.25) is 4.79 Å². The molecule has 0 radical (unpaired) electrons. The first-order chi connectivity index (χ1) is 19.0. The van der Waals surface area contributed by atoms with Crippen molar-refractivity contribution in [2.45, 2.75) is 13.0 Å². The molecule has 1 aromatic heterocycles. The van der Waals surface area contributed by atoms with E-state index in [-0.39, 0.29) is 5.78 Å². The van der Waals surface area contributed by atoms with Crippen molar-refractivity contribution in [3.05, 3.63) is 136 Å². The zero-order chi connectivity index (χ0) is 27.0. The lowest BCUT2D eigenvalue weighted by Gasteiger charge is -2.29. The fourth-order valence-corrected chi connectivity index (χ4v) is 5.24. The van der Waals surface area contributed by atoms with Gasteiger partial charge in [0.1, 0.15) is 16.8 Å². The number of hydrogen-bond acceptors (Lipinski definition) is 5. The summed E-state index contributed by atoms with van der Waals surface area (Å²) in [6.07, 6.45) is -0.687. The maximum Gasteiger partial charge on any atom is 0.185 e. The Morgan fingerprint density at radius 1 is 0.744 bits per heavy atom. The van der Waals surface area contributed by atoms with Gasteiger partial charge in [-0.1, -0.05) is 118 Å². The van der Waals surface area contributed by atoms with Gasteiger partial charge in [0.05, 0.1) is 5.56 Å². The maximum absolute atomic E-state index is 15.0. The third-order valence-electron chi connectivity index (χ3n) is 7.03. The van der Waals surface area contributed by atoms with Crippen LogP contribution in [-0.2, 0) is 4.84 Å². The van der Waals surface area contributed by atoms with Crippen LogP contribution in [0.25, 0.3) is 22.6 Å². The number of carbonyl (C=O) groups excluding carboxylic acids is 1. The van der Waals surface area contributed by atoms with Crippen molar-refractivity contribution < 1.29 is 14.2 Å². The van der Waals surface area contributed by atoms with Crippen molar-refractivity contribution in [2.75, 3.05) is 0 Å². The normalized spacial score (nSPS) is 18.4. The largest absolute Gasteiger partial charge is 0.386 e. The van der Waals surface area contributed by atoms with Crippen LogP contribution in [0.1, 0.15) is 34.5 Å². The Balaban J connectivity index is 1.57. The Hall–Kier alpha value is -4.19. The molecule has 5 nitrogen and oxygen atoms in total. The average Bonchev–Trinajstić information content (AvgIpc) is 3.57. The lowest BCUT2D eigenvalue weighted by molar-refractivity contribution is 0.0279. The SMILES string of the molecule is CC1(C(=O)c2c(-c3ccc(Cl)cc3)noc2-c2ccccc2)C(c2ccc(Cl)cc2)=NOC1c1ccccc1. The second kappa shape index (κ2) is 10.2. The lowest BCUT2D eigenvalue weighted by atomic mass is 9.69. The molecule has 0 saturated heterocycles. The van der Waals surface area contributed by atoms with Crippen LogP contribution >= 0.6 is 23.2 Å². The molecule has 2 unspecified atom stereocenters. The standard InChI is InChI=1S/C32H22Cl2N2O3/c1-32(29(22-14-18-25(34)19-15-22)36-39-31(32)23-10-6-3-7-11-23)30(37)26-27(20-12-16-24(33)17-13-20)35-38-28(26)21-8-4-2-5-9-21/h2-19,31H,1H3. The van der Waals surface area contributed by atoms with Crippen molar-refractivity contribution >= 4 is 34.7 Å². The van der Waals surface area contributed by atoms with E-state index in [4.69, 9.17) is 32.6 Å². The van der Waals surface area contributed by atoms with Crippen LogP contribution in [-0.4, -0.2) is 16.7 Å². The minimum Gasteiger partial charge on any atom is -0.386 e. The summed E-state index contributed by atoms with van der Waals surface area (Å²) in [5, 5.41) is 10.0. The molecule has 39 heavy (non-hydrogen) atoms. The molecule has 0 aliphatic carbocycles. The molecule has 1 aliphatic heterocycles. The number of oxime groups is 1. The van der Waals surface area contributed by atoms with Crippen LogP contribution in [0, 0.1) is 5.41 Å². The van der Waals surface area contributed by atoms with E-state index in [0.717, 1.165) is 16.7 Å². The quantitative estimate of drug-likeness (QED) is 0.197. The van der Waals surface area contributed by atoms with Crippen LogP contribution in [0.15, 0.2) is 119 Å². The monoisotopic (exact) mass is 552 g/mol. The Kier molecular flexibility index (Phi) is 6.55. The van der Waals surface area contributed by atoms with Gasteiger partial charge in [-0.05, 0) is 36.8 Å². The highest BCUT2D eigenvalue weighted by molar-refractivity contribution is 6.31. The molecule has 0 fully saturated rings. The number of carbonyl (C=O) groups is 1. The van der Waals surface area contributed by atoms with E-state index in [1.807, 2.05) is 91.9 Å². The summed E-state index contributed by atoms with van der Waals surface area (Å²) in [6, 6.07) is 33.5. The molecule has 192 valence electrons. The Bertz CT molecular complexity index is 1660. The molecule has 0 amide bonds. The Morgan fingerprint density at radius 2 is 1.31 bits per heavy atom. The average molecular weight is 553 g/mol. The van der Waals surface area contributed by atoms with Crippen molar-refractivity contribution in [3.63, 3.8) is 0 Å². The molecule has 4 aromatic carbocycles. The zero-order valence-electron chi connectivity index (χ0n) is 20.8. The highest BCUT2D eigenvalue weighted by Crippen LogP contribution is 2.49. The van der Waals surface area contributed by atoms with Crippen molar-refractivity contribution in [3.8, 4) is 22.6 Å². The molecular formula is C32H22Cl2N2O3. The van der Waals surface area contributed by atoms with Gasteiger partial charge in [0.2, 0.25) is 0 Å².